The normalized spacial score (nSPS) is 15.1. The van der Waals surface area contributed by atoms with Gasteiger partial charge in [-0.25, -0.2) is 0 Å². The number of aliphatic imine (C=N–C) groups is 1. The van der Waals surface area contributed by atoms with Crippen LogP contribution in [0.15, 0.2) is 51.5 Å². The van der Waals surface area contributed by atoms with Crippen LogP contribution in [-0.2, 0) is 24.5 Å². The lowest BCUT2D eigenvalue weighted by atomic mass is 10.0. The van der Waals surface area contributed by atoms with Crippen molar-refractivity contribution in [3.05, 3.63) is 52.2 Å². The molecule has 2 aromatic heterocycles. The molecule has 0 spiro atoms. The number of nitrogens with zero attached hydrogens (tertiary/aromatic N) is 2. The lowest BCUT2D eigenvalue weighted by Crippen LogP contribution is -2.47. The van der Waals surface area contributed by atoms with Gasteiger partial charge in [-0.1, -0.05) is 6.07 Å². The first-order chi connectivity index (χ1) is 19.3. The van der Waals surface area contributed by atoms with E-state index in [1.54, 1.807) is 49.6 Å². The average molecular weight is 610 g/mol. The number of allylic oxidation sites excluding steroid dienone is 2. The summed E-state index contributed by atoms with van der Waals surface area (Å²) in [6, 6.07) is 5.53. The standard InChI is InChI=1S/C25H29BF2N4O7S2/c1-15-18(6-9-23(33)31-19(7-10-24(34)35)25(36)29-11-13-41(37,38)39)16(2)30-20(15)14-17-5-8-21(32(17)26(27)28)22-4-3-12-40-22/h3-5,8,12,14,19H,6-7,9-11,13H2,1-2H3,(H,29,36)(H,31,33)(H,34,35)(H,37,38,39)/b20-14-. The molecule has 16 heteroatoms. The molecule has 2 amide bonds. The van der Waals surface area contributed by atoms with Crippen molar-refractivity contribution in [1.29, 1.82) is 0 Å². The summed E-state index contributed by atoms with van der Waals surface area (Å²) >= 11 is 1.35. The Morgan fingerprint density at radius 2 is 1.93 bits per heavy atom. The minimum atomic E-state index is -4.32. The molecule has 1 atom stereocenters. The highest BCUT2D eigenvalue weighted by molar-refractivity contribution is 7.85. The van der Waals surface area contributed by atoms with Crippen LogP contribution in [0.25, 0.3) is 16.6 Å². The number of halogens is 2. The maximum absolute atomic E-state index is 14.0. The number of amides is 2. The number of nitrogens with one attached hydrogen (secondary N) is 2. The maximum Gasteiger partial charge on any atom is 0.678 e. The molecule has 41 heavy (non-hydrogen) atoms. The Morgan fingerprint density at radius 1 is 1.20 bits per heavy atom. The van der Waals surface area contributed by atoms with Crippen LogP contribution in [0.3, 0.4) is 0 Å². The lowest BCUT2D eigenvalue weighted by Gasteiger charge is -2.18. The van der Waals surface area contributed by atoms with E-state index < -0.39 is 60.1 Å². The van der Waals surface area contributed by atoms with Crippen LogP contribution in [0.2, 0.25) is 0 Å². The van der Waals surface area contributed by atoms with Crippen molar-refractivity contribution in [3.63, 3.8) is 0 Å². The van der Waals surface area contributed by atoms with Gasteiger partial charge in [0.25, 0.3) is 10.1 Å². The molecule has 0 fully saturated rings. The van der Waals surface area contributed by atoms with E-state index in [1.165, 1.54) is 11.3 Å². The van der Waals surface area contributed by atoms with E-state index >= 15 is 0 Å². The van der Waals surface area contributed by atoms with E-state index in [-0.39, 0.29) is 25.0 Å². The Kier molecular flexibility index (Phi) is 10.8. The van der Waals surface area contributed by atoms with Crippen LogP contribution >= 0.6 is 11.3 Å². The third kappa shape index (κ3) is 8.93. The number of carboxylic acid groups (broad SMARTS) is 1. The third-order valence-corrected chi connectivity index (χ3v) is 7.94. The van der Waals surface area contributed by atoms with Gasteiger partial charge in [0.2, 0.25) is 11.8 Å². The fraction of sp³-hybridized carbons (Fsp3) is 0.360. The molecule has 1 aliphatic heterocycles. The maximum atomic E-state index is 14.0. The second-order valence-electron chi connectivity index (χ2n) is 9.23. The van der Waals surface area contributed by atoms with Gasteiger partial charge in [-0.05, 0) is 67.5 Å². The molecule has 11 nitrogen and oxygen atoms in total. The van der Waals surface area contributed by atoms with Crippen molar-refractivity contribution in [2.75, 3.05) is 12.3 Å². The molecule has 1 unspecified atom stereocenters. The molecule has 0 bridgehead atoms. The summed E-state index contributed by atoms with van der Waals surface area (Å²) in [6.07, 6.45) is 1.05. The fourth-order valence-corrected chi connectivity index (χ4v) is 5.41. The zero-order chi connectivity index (χ0) is 30.3. The molecule has 220 valence electrons. The molecule has 2 aromatic rings. The molecule has 0 aliphatic carbocycles. The van der Waals surface area contributed by atoms with Gasteiger partial charge in [-0.3, -0.25) is 32.6 Å². The van der Waals surface area contributed by atoms with E-state index in [2.05, 4.69) is 15.6 Å². The van der Waals surface area contributed by atoms with E-state index in [9.17, 15) is 31.4 Å². The van der Waals surface area contributed by atoms with Crippen LogP contribution in [0.4, 0.5) is 8.63 Å². The second-order valence-corrected chi connectivity index (χ2v) is 11.7. The van der Waals surface area contributed by atoms with Crippen molar-refractivity contribution in [2.45, 2.75) is 45.6 Å². The largest absolute Gasteiger partial charge is 0.678 e. The predicted molar refractivity (Wildman–Crippen MR) is 152 cm³/mol. The van der Waals surface area contributed by atoms with Crippen LogP contribution in [0, 0.1) is 0 Å². The minimum Gasteiger partial charge on any atom is -0.481 e. The van der Waals surface area contributed by atoms with E-state index in [4.69, 9.17) is 9.66 Å². The van der Waals surface area contributed by atoms with Crippen LogP contribution in [0.1, 0.15) is 45.2 Å². The topological polar surface area (TPSA) is 167 Å². The van der Waals surface area contributed by atoms with Crippen LogP contribution in [0.5, 0.6) is 0 Å². The van der Waals surface area contributed by atoms with Gasteiger partial charge in [0.1, 0.15) is 6.04 Å². The van der Waals surface area contributed by atoms with Gasteiger partial charge >= 0.3 is 13.4 Å². The molecule has 4 N–H and O–H groups in total. The van der Waals surface area contributed by atoms with Gasteiger partial charge in [0, 0.05) is 35.7 Å². The summed E-state index contributed by atoms with van der Waals surface area (Å²) in [5.74, 6) is -3.26. The number of rotatable bonds is 14. The molecular weight excluding hydrogens is 581 g/mol. The van der Waals surface area contributed by atoms with E-state index in [1.807, 2.05) is 0 Å². The quantitative estimate of drug-likeness (QED) is 0.188. The molecule has 0 aromatic carbocycles. The number of hydrogen-bond donors (Lipinski definition) is 4. The summed E-state index contributed by atoms with van der Waals surface area (Å²) in [5.41, 5.74) is 3.20. The highest BCUT2D eigenvalue weighted by Crippen LogP contribution is 2.33. The number of carbonyl (C=O) groups is 3. The third-order valence-electron chi connectivity index (χ3n) is 6.32. The lowest BCUT2D eigenvalue weighted by molar-refractivity contribution is -0.138. The molecule has 0 radical (unpaired) electrons. The summed E-state index contributed by atoms with van der Waals surface area (Å²) in [5, 5.41) is 15.5. The monoisotopic (exact) mass is 610 g/mol. The number of hydrogen-bond acceptors (Lipinski definition) is 7. The van der Waals surface area contributed by atoms with Gasteiger partial charge in [-0.15, -0.1) is 11.3 Å². The Hall–Kier alpha value is -3.63. The molecule has 0 saturated carbocycles. The van der Waals surface area contributed by atoms with Gasteiger partial charge in [-0.2, -0.15) is 8.42 Å². The molecule has 3 rings (SSSR count). The van der Waals surface area contributed by atoms with Crippen molar-refractivity contribution in [3.8, 4) is 10.6 Å². The van der Waals surface area contributed by atoms with Crippen molar-refractivity contribution in [2.24, 2.45) is 4.99 Å². The summed E-state index contributed by atoms with van der Waals surface area (Å²) in [4.78, 5) is 41.3. The van der Waals surface area contributed by atoms with Gasteiger partial charge < -0.3 is 20.2 Å². The smallest absolute Gasteiger partial charge is 0.481 e. The predicted octanol–water partition coefficient (Wildman–Crippen LogP) is 3.25. The number of carboxylic acids is 1. The van der Waals surface area contributed by atoms with Crippen LogP contribution in [-0.4, -0.2) is 71.8 Å². The van der Waals surface area contributed by atoms with Crippen molar-refractivity contribution < 1.29 is 41.1 Å². The number of thiophene rings is 1. The Labute approximate surface area is 240 Å². The summed E-state index contributed by atoms with van der Waals surface area (Å²) < 4.78 is 59.4. The summed E-state index contributed by atoms with van der Waals surface area (Å²) in [6.45, 7) is 3.09. The second kappa shape index (κ2) is 13.8. The Bertz CT molecular complexity index is 1500. The SMILES string of the molecule is CC1=N/C(=C\c2ccc(-c3cccs3)n2B(F)F)C(C)=C1CCC(=O)NC(CCC(=O)O)C(=O)NCCS(=O)(=O)O. The number of carbonyl (C=O) groups excluding carboxylic acids is 2. The summed E-state index contributed by atoms with van der Waals surface area (Å²) in [7, 11) is -7.09. The number of aliphatic carboxylic acids is 1. The average Bonchev–Trinajstić information content (AvgIpc) is 3.60. The van der Waals surface area contributed by atoms with Gasteiger partial charge in [0.05, 0.1) is 17.1 Å². The first kappa shape index (κ1) is 31.9. The number of aromatic nitrogens is 1. The van der Waals surface area contributed by atoms with Gasteiger partial charge in [0.15, 0.2) is 0 Å². The first-order valence-corrected chi connectivity index (χ1v) is 15.0. The molecule has 0 saturated heterocycles. The van der Waals surface area contributed by atoms with E-state index in [0.29, 0.717) is 27.6 Å². The van der Waals surface area contributed by atoms with Crippen molar-refractivity contribution >= 4 is 58.4 Å². The molecule has 3 heterocycles. The first-order valence-electron chi connectivity index (χ1n) is 12.5. The Balaban J connectivity index is 1.70. The minimum absolute atomic E-state index is 0.0787. The van der Waals surface area contributed by atoms with Crippen LogP contribution < -0.4 is 10.6 Å². The zero-order valence-corrected chi connectivity index (χ0v) is 23.9. The highest BCUT2D eigenvalue weighted by Gasteiger charge is 2.26. The fourth-order valence-electron chi connectivity index (χ4n) is 4.30. The molecular formula is C25H29BF2N4O7S2. The molecule has 1 aliphatic rings. The Morgan fingerprint density at radius 3 is 2.54 bits per heavy atom. The van der Waals surface area contributed by atoms with Crippen molar-refractivity contribution in [1.82, 2.24) is 15.1 Å². The zero-order valence-electron chi connectivity index (χ0n) is 22.3. The van der Waals surface area contributed by atoms with E-state index in [0.717, 1.165) is 10.1 Å². The highest BCUT2D eigenvalue weighted by atomic mass is 32.2.